The van der Waals surface area contributed by atoms with E-state index >= 15 is 0 Å². The van der Waals surface area contributed by atoms with Crippen molar-refractivity contribution in [3.8, 4) is 0 Å². The Bertz CT molecular complexity index is 1460. The Kier molecular flexibility index (Phi) is 6.14. The molecule has 5 heterocycles. The summed E-state index contributed by atoms with van der Waals surface area (Å²) in [5.74, 6) is -1.60. The van der Waals surface area contributed by atoms with Gasteiger partial charge < -0.3 is 30.2 Å². The number of carboxylic acid groups (broad SMARTS) is 1. The lowest BCUT2D eigenvalue weighted by molar-refractivity contribution is -0.687. The van der Waals surface area contributed by atoms with Gasteiger partial charge in [-0.05, 0) is 13.0 Å². The lowest BCUT2D eigenvalue weighted by Gasteiger charge is -2.50. The summed E-state index contributed by atoms with van der Waals surface area (Å²) in [6.45, 7) is 2.10. The number of β-lactam (4-membered cyclic amide) rings is 1. The minimum atomic E-state index is -1.45. The maximum Gasteiger partial charge on any atom is 0.276 e. The summed E-state index contributed by atoms with van der Waals surface area (Å²) in [7, 11) is 1.28. The molecule has 0 bridgehead atoms. The number of nitrogens with one attached hydrogen (secondary N) is 1. The number of nitrogens with two attached hydrogens (primary N) is 1. The topological polar surface area (TPSA) is 167 Å². The Morgan fingerprint density at radius 2 is 2.28 bits per heavy atom. The Labute approximate surface area is 212 Å². The minimum absolute atomic E-state index is 0.143. The summed E-state index contributed by atoms with van der Waals surface area (Å²) in [6.07, 6.45) is 3.64. The van der Waals surface area contributed by atoms with E-state index in [1.807, 2.05) is 23.8 Å². The van der Waals surface area contributed by atoms with Crippen LogP contribution >= 0.6 is 23.1 Å². The number of thiazole rings is 1. The van der Waals surface area contributed by atoms with Crippen molar-refractivity contribution >= 4 is 62.7 Å². The Balaban J connectivity index is 1.36. The fourth-order valence-corrected chi connectivity index (χ4v) is 6.06. The normalized spacial score (nSPS) is 19.8. The van der Waals surface area contributed by atoms with Crippen molar-refractivity contribution in [3.05, 3.63) is 52.6 Å². The van der Waals surface area contributed by atoms with Crippen LogP contribution in [-0.4, -0.2) is 57.7 Å². The lowest BCUT2D eigenvalue weighted by atomic mass is 10.0. The zero-order valence-corrected chi connectivity index (χ0v) is 20.7. The molecular formula is C22H20N6O6S2. The van der Waals surface area contributed by atoms with Gasteiger partial charge in [0.05, 0.1) is 17.1 Å². The molecule has 14 heteroatoms. The fraction of sp³-hybridized carbons (Fsp3) is 0.273. The molecule has 2 aliphatic heterocycles. The molecule has 1 unspecified atom stereocenters. The van der Waals surface area contributed by atoms with E-state index < -0.39 is 29.2 Å². The Morgan fingerprint density at radius 1 is 1.47 bits per heavy atom. The van der Waals surface area contributed by atoms with E-state index in [0.717, 1.165) is 28.1 Å². The Morgan fingerprint density at radius 3 is 2.97 bits per heavy atom. The van der Waals surface area contributed by atoms with Gasteiger partial charge in [0.2, 0.25) is 0 Å². The van der Waals surface area contributed by atoms with E-state index in [2.05, 4.69) is 15.5 Å². The number of aliphatic carboxylic acids is 1. The second-order valence-electron chi connectivity index (χ2n) is 8.09. The highest BCUT2D eigenvalue weighted by atomic mass is 32.2. The second-order valence-corrected chi connectivity index (χ2v) is 10.1. The molecule has 0 aliphatic carbocycles. The molecule has 3 N–H and O–H groups in total. The largest absolute Gasteiger partial charge is 0.543 e. The molecule has 0 saturated carbocycles. The average Bonchev–Trinajstić information content (AvgIpc) is 3.44. The van der Waals surface area contributed by atoms with Crippen molar-refractivity contribution < 1.29 is 33.3 Å². The maximum absolute atomic E-state index is 13.0. The van der Waals surface area contributed by atoms with Crippen LogP contribution in [0, 0.1) is 6.92 Å². The number of hydrogen-bond donors (Lipinski definition) is 2. The third-order valence-corrected chi connectivity index (χ3v) is 7.71. The van der Waals surface area contributed by atoms with E-state index in [1.54, 1.807) is 17.6 Å². The molecule has 2 aliphatic rings. The molecule has 2 atom stereocenters. The van der Waals surface area contributed by atoms with Crippen molar-refractivity contribution in [1.29, 1.82) is 0 Å². The van der Waals surface area contributed by atoms with E-state index in [4.69, 9.17) is 15.0 Å². The number of hydrogen-bond acceptors (Lipinski definition) is 11. The monoisotopic (exact) mass is 528 g/mol. The van der Waals surface area contributed by atoms with Crippen LogP contribution in [0.2, 0.25) is 0 Å². The van der Waals surface area contributed by atoms with Crippen molar-refractivity contribution in [3.63, 3.8) is 0 Å². The van der Waals surface area contributed by atoms with Crippen LogP contribution in [0.15, 0.2) is 50.7 Å². The van der Waals surface area contributed by atoms with Crippen LogP contribution in [0.25, 0.3) is 11.0 Å². The number of fused-ring (bicyclic) bond motifs is 2. The molecule has 1 fully saturated rings. The molecule has 186 valence electrons. The number of carboxylic acids is 1. The number of carbonyl (C=O) groups excluding carboxylic acids is 3. The number of nitrogens with zero attached hydrogens (tertiary/aromatic N) is 4. The van der Waals surface area contributed by atoms with E-state index in [-0.39, 0.29) is 28.8 Å². The van der Waals surface area contributed by atoms with Gasteiger partial charge in [0.1, 0.15) is 35.6 Å². The van der Waals surface area contributed by atoms with Gasteiger partial charge in [-0.25, -0.2) is 9.55 Å². The summed E-state index contributed by atoms with van der Waals surface area (Å²) in [4.78, 5) is 47.9. The molecule has 1 saturated heterocycles. The summed E-state index contributed by atoms with van der Waals surface area (Å²) >= 11 is 2.48. The standard InChI is InChI=1S/C22H20N6O6S2/c1-10-5-11-6-27(4-3-14(11)34-10)7-12-8-35-20-16(19(30)28(20)17(12)21(31)32)25-18(29)15(26-33-2)13-9-36-22(23)24-13/h3-6,9,16,20H,7-8H2,1-2H3,(H3-,23,24,25,29,31,32)/b26-15-/t16?,20-/m1/s1. The number of oxime groups is 1. The zero-order valence-electron chi connectivity index (χ0n) is 19.1. The van der Waals surface area contributed by atoms with Crippen LogP contribution in [0.3, 0.4) is 0 Å². The number of rotatable bonds is 7. The van der Waals surface area contributed by atoms with Crippen LogP contribution < -0.4 is 20.7 Å². The highest BCUT2D eigenvalue weighted by molar-refractivity contribution is 8.00. The van der Waals surface area contributed by atoms with Crippen LogP contribution in [-0.2, 0) is 25.8 Å². The summed E-state index contributed by atoms with van der Waals surface area (Å²) in [5.41, 5.74) is 6.78. The van der Waals surface area contributed by atoms with E-state index in [9.17, 15) is 19.5 Å². The highest BCUT2D eigenvalue weighted by Crippen LogP contribution is 2.40. The van der Waals surface area contributed by atoms with Gasteiger partial charge in [0.25, 0.3) is 11.8 Å². The summed E-state index contributed by atoms with van der Waals surface area (Å²) < 4.78 is 7.41. The van der Waals surface area contributed by atoms with Gasteiger partial charge in [0.15, 0.2) is 29.8 Å². The number of carbonyl (C=O) groups is 3. The molecule has 36 heavy (non-hydrogen) atoms. The quantitative estimate of drug-likeness (QED) is 0.178. The number of aryl methyl sites for hydroxylation is 1. The van der Waals surface area contributed by atoms with Crippen LogP contribution in [0.4, 0.5) is 5.13 Å². The van der Waals surface area contributed by atoms with Gasteiger partial charge in [-0.15, -0.1) is 23.1 Å². The van der Waals surface area contributed by atoms with E-state index in [0.29, 0.717) is 11.3 Å². The predicted octanol–water partition coefficient (Wildman–Crippen LogP) is -0.478. The smallest absolute Gasteiger partial charge is 0.276 e. The predicted molar refractivity (Wildman–Crippen MR) is 128 cm³/mol. The SMILES string of the molecule is CO/N=C(\C(=O)NC1C(=O)N2C(C(=O)[O-])=C(C[n+]3ccc4oc(C)cc4c3)CS[C@H]12)c1csc(N)n1. The lowest BCUT2D eigenvalue weighted by Crippen LogP contribution is -2.71. The maximum atomic E-state index is 13.0. The van der Waals surface area contributed by atoms with E-state index in [1.165, 1.54) is 23.8 Å². The third kappa shape index (κ3) is 4.18. The number of anilines is 1. The summed E-state index contributed by atoms with van der Waals surface area (Å²) in [5, 5.41) is 20.5. The molecule has 0 aromatic carbocycles. The zero-order chi connectivity index (χ0) is 25.6. The number of amides is 2. The number of thioether (sulfide) groups is 1. The first-order chi connectivity index (χ1) is 17.3. The average molecular weight is 529 g/mol. The number of furan rings is 1. The minimum Gasteiger partial charge on any atom is -0.543 e. The first-order valence-corrected chi connectivity index (χ1v) is 12.6. The van der Waals surface area contributed by atoms with Gasteiger partial charge in [-0.1, -0.05) is 5.16 Å². The fourth-order valence-electron chi connectivity index (χ4n) is 4.18. The molecule has 0 spiro atoms. The molecule has 12 nitrogen and oxygen atoms in total. The summed E-state index contributed by atoms with van der Waals surface area (Å²) in [6, 6.07) is 2.74. The van der Waals surface area contributed by atoms with Crippen LogP contribution in [0.5, 0.6) is 0 Å². The molecule has 0 radical (unpaired) electrons. The number of aromatic nitrogens is 2. The van der Waals surface area contributed by atoms with Crippen molar-refractivity contribution in [2.24, 2.45) is 5.16 Å². The molecule has 3 aromatic rings. The van der Waals surface area contributed by atoms with Gasteiger partial charge in [-0.3, -0.25) is 14.5 Å². The van der Waals surface area contributed by atoms with Crippen molar-refractivity contribution in [2.45, 2.75) is 24.9 Å². The highest BCUT2D eigenvalue weighted by Gasteiger charge is 2.53. The first kappa shape index (κ1) is 23.8. The molecular weight excluding hydrogens is 508 g/mol. The van der Waals surface area contributed by atoms with Crippen molar-refractivity contribution in [1.82, 2.24) is 15.2 Å². The second kappa shape index (κ2) is 9.28. The van der Waals surface area contributed by atoms with Gasteiger partial charge >= 0.3 is 0 Å². The van der Waals surface area contributed by atoms with Gasteiger partial charge in [-0.2, -0.15) is 0 Å². The van der Waals surface area contributed by atoms with Gasteiger partial charge in [0, 0.05) is 22.8 Å². The van der Waals surface area contributed by atoms with Crippen LogP contribution in [0.1, 0.15) is 11.5 Å². The third-order valence-electron chi connectivity index (χ3n) is 5.70. The number of pyridine rings is 1. The molecule has 3 aromatic heterocycles. The Hall–Kier alpha value is -3.91. The van der Waals surface area contributed by atoms with Crippen molar-refractivity contribution in [2.75, 3.05) is 18.6 Å². The number of nitrogen functional groups attached to an aromatic ring is 1. The first-order valence-electron chi connectivity index (χ1n) is 10.7. The molecule has 2 amide bonds. The molecule has 5 rings (SSSR count).